The molecule has 2 aromatic heterocycles. The van der Waals surface area contributed by atoms with Crippen molar-refractivity contribution < 1.29 is 0 Å². The SMILES string of the molecule is C[C](C)CN1CCC(c2cn(-c3nc(N)nc(Nc4ccccc4)n3)cn2)CC1. The van der Waals surface area contributed by atoms with E-state index in [1.807, 2.05) is 41.1 Å². The van der Waals surface area contributed by atoms with E-state index in [2.05, 4.69) is 44.0 Å². The van der Waals surface area contributed by atoms with Gasteiger partial charge in [0.05, 0.1) is 5.69 Å². The van der Waals surface area contributed by atoms with Gasteiger partial charge in [-0.2, -0.15) is 15.0 Å². The Morgan fingerprint density at radius 1 is 1.10 bits per heavy atom. The zero-order chi connectivity index (χ0) is 20.2. The second-order valence-electron chi connectivity index (χ2n) is 7.77. The summed E-state index contributed by atoms with van der Waals surface area (Å²) >= 11 is 0. The van der Waals surface area contributed by atoms with Gasteiger partial charge in [0.2, 0.25) is 17.8 Å². The van der Waals surface area contributed by atoms with Crippen molar-refractivity contribution in [2.75, 3.05) is 30.7 Å². The number of nitrogens with two attached hydrogens (primary N) is 1. The van der Waals surface area contributed by atoms with E-state index in [1.165, 1.54) is 5.92 Å². The number of nitrogens with zero attached hydrogens (tertiary/aromatic N) is 6. The molecule has 1 radical (unpaired) electrons. The maximum absolute atomic E-state index is 5.91. The van der Waals surface area contributed by atoms with Crippen LogP contribution in [0.4, 0.5) is 17.6 Å². The molecule has 3 aromatic rings. The van der Waals surface area contributed by atoms with Crippen molar-refractivity contribution >= 4 is 17.6 Å². The van der Waals surface area contributed by atoms with E-state index in [9.17, 15) is 0 Å². The zero-order valence-corrected chi connectivity index (χ0v) is 16.9. The van der Waals surface area contributed by atoms with Crippen LogP contribution in [-0.2, 0) is 0 Å². The Labute approximate surface area is 171 Å². The quantitative estimate of drug-likeness (QED) is 0.666. The molecule has 1 fully saturated rings. The summed E-state index contributed by atoms with van der Waals surface area (Å²) in [6.07, 6.45) is 6.00. The molecule has 1 aliphatic heterocycles. The van der Waals surface area contributed by atoms with Crippen LogP contribution in [0.2, 0.25) is 0 Å². The predicted molar refractivity (Wildman–Crippen MR) is 114 cm³/mol. The summed E-state index contributed by atoms with van der Waals surface area (Å²) in [4.78, 5) is 20.1. The molecule has 8 heteroatoms. The molecule has 0 spiro atoms. The number of benzene rings is 1. The molecule has 0 bridgehead atoms. The minimum absolute atomic E-state index is 0.170. The summed E-state index contributed by atoms with van der Waals surface area (Å²) in [6.45, 7) is 7.67. The highest BCUT2D eigenvalue weighted by Crippen LogP contribution is 2.27. The van der Waals surface area contributed by atoms with Crippen LogP contribution < -0.4 is 11.1 Å². The summed E-state index contributed by atoms with van der Waals surface area (Å²) in [7, 11) is 0. The van der Waals surface area contributed by atoms with Crippen molar-refractivity contribution in [3.05, 3.63) is 54.5 Å². The van der Waals surface area contributed by atoms with Crippen molar-refractivity contribution in [3.63, 3.8) is 0 Å². The third-order valence-corrected chi connectivity index (χ3v) is 5.05. The summed E-state index contributed by atoms with van der Waals surface area (Å²) in [5.74, 6) is 2.96. The first kappa shape index (κ1) is 19.3. The van der Waals surface area contributed by atoms with E-state index < -0.39 is 0 Å². The lowest BCUT2D eigenvalue weighted by Crippen LogP contribution is -2.35. The van der Waals surface area contributed by atoms with Gasteiger partial charge in [-0.3, -0.25) is 4.57 Å². The Morgan fingerprint density at radius 2 is 1.86 bits per heavy atom. The number of rotatable bonds is 6. The fourth-order valence-corrected chi connectivity index (χ4v) is 3.69. The van der Waals surface area contributed by atoms with E-state index >= 15 is 0 Å². The van der Waals surface area contributed by atoms with E-state index in [4.69, 9.17) is 5.73 Å². The maximum atomic E-state index is 5.91. The van der Waals surface area contributed by atoms with Gasteiger partial charge >= 0.3 is 0 Å². The Bertz CT molecular complexity index is 929. The molecular weight excluding hydrogens is 364 g/mol. The number of anilines is 3. The molecule has 0 saturated carbocycles. The van der Waals surface area contributed by atoms with Gasteiger partial charge in [0.15, 0.2) is 0 Å². The van der Waals surface area contributed by atoms with Gasteiger partial charge in [0.25, 0.3) is 0 Å². The number of imidazole rings is 1. The van der Waals surface area contributed by atoms with Crippen LogP contribution in [0, 0.1) is 5.92 Å². The van der Waals surface area contributed by atoms with Crippen LogP contribution in [0.1, 0.15) is 38.3 Å². The molecular formula is C21H27N8. The van der Waals surface area contributed by atoms with Gasteiger partial charge in [-0.1, -0.05) is 32.0 Å². The standard InChI is InChI=1S/C21H27N8/c1-15(2)12-28-10-8-16(9-11-28)18-13-29(14-23-18)21-26-19(22)25-20(27-21)24-17-6-4-3-5-7-17/h3-7,13-14,16H,8-12H2,1-2H3,(H3,22,24,25,26,27). The third kappa shape index (κ3) is 4.89. The average Bonchev–Trinajstić information content (AvgIpc) is 3.19. The highest BCUT2D eigenvalue weighted by Gasteiger charge is 2.23. The normalized spacial score (nSPS) is 15.7. The first-order valence-corrected chi connectivity index (χ1v) is 9.96. The topological polar surface area (TPSA) is 97.8 Å². The Balaban J connectivity index is 1.47. The van der Waals surface area contributed by atoms with Gasteiger partial charge in [0, 0.05) is 24.3 Å². The Hall–Kier alpha value is -3.00. The van der Waals surface area contributed by atoms with E-state index in [-0.39, 0.29) is 5.95 Å². The predicted octanol–water partition coefficient (Wildman–Crippen LogP) is 3.18. The molecule has 1 aliphatic rings. The molecule has 1 saturated heterocycles. The minimum atomic E-state index is 0.170. The van der Waals surface area contributed by atoms with Gasteiger partial charge < -0.3 is 16.0 Å². The van der Waals surface area contributed by atoms with E-state index in [0.717, 1.165) is 43.9 Å². The minimum Gasteiger partial charge on any atom is -0.368 e. The summed E-state index contributed by atoms with van der Waals surface area (Å²) in [5, 5.41) is 3.16. The Kier molecular flexibility index (Phi) is 5.71. The second kappa shape index (κ2) is 8.57. The smallest absolute Gasteiger partial charge is 0.241 e. The van der Waals surface area contributed by atoms with Crippen molar-refractivity contribution in [1.82, 2.24) is 29.4 Å². The molecule has 0 aliphatic carbocycles. The summed E-state index contributed by atoms with van der Waals surface area (Å²) in [5.41, 5.74) is 7.88. The number of hydrogen-bond acceptors (Lipinski definition) is 7. The lowest BCUT2D eigenvalue weighted by atomic mass is 9.93. The Morgan fingerprint density at radius 3 is 2.59 bits per heavy atom. The number of para-hydroxylation sites is 1. The summed E-state index contributed by atoms with van der Waals surface area (Å²) in [6, 6.07) is 9.73. The molecule has 0 unspecified atom stereocenters. The highest BCUT2D eigenvalue weighted by atomic mass is 15.3. The average molecular weight is 392 g/mol. The second-order valence-corrected chi connectivity index (χ2v) is 7.77. The lowest BCUT2D eigenvalue weighted by Gasteiger charge is -2.32. The van der Waals surface area contributed by atoms with Crippen molar-refractivity contribution in [3.8, 4) is 5.95 Å². The van der Waals surface area contributed by atoms with Crippen molar-refractivity contribution in [1.29, 1.82) is 0 Å². The van der Waals surface area contributed by atoms with E-state index in [0.29, 0.717) is 17.8 Å². The van der Waals surface area contributed by atoms with Crippen LogP contribution in [0.15, 0.2) is 42.9 Å². The van der Waals surface area contributed by atoms with Crippen LogP contribution >= 0.6 is 0 Å². The number of likely N-dealkylation sites (tertiary alicyclic amines) is 1. The van der Waals surface area contributed by atoms with E-state index in [1.54, 1.807) is 6.33 Å². The van der Waals surface area contributed by atoms with Crippen LogP contribution in [-0.4, -0.2) is 49.0 Å². The van der Waals surface area contributed by atoms with Gasteiger partial charge in [0.1, 0.15) is 6.33 Å². The fraction of sp³-hybridized carbons (Fsp3) is 0.381. The number of nitrogen functional groups attached to an aromatic ring is 1. The van der Waals surface area contributed by atoms with Crippen molar-refractivity contribution in [2.24, 2.45) is 0 Å². The molecule has 29 heavy (non-hydrogen) atoms. The van der Waals surface area contributed by atoms with Crippen LogP contribution in [0.25, 0.3) is 5.95 Å². The van der Waals surface area contributed by atoms with Crippen LogP contribution in [0.3, 0.4) is 0 Å². The molecule has 3 heterocycles. The van der Waals surface area contributed by atoms with Gasteiger partial charge in [-0.15, -0.1) is 0 Å². The first-order valence-electron chi connectivity index (χ1n) is 9.96. The lowest BCUT2D eigenvalue weighted by molar-refractivity contribution is 0.218. The number of hydrogen-bond donors (Lipinski definition) is 2. The molecule has 8 nitrogen and oxygen atoms in total. The molecule has 151 valence electrons. The summed E-state index contributed by atoms with van der Waals surface area (Å²) < 4.78 is 1.82. The fourth-order valence-electron chi connectivity index (χ4n) is 3.69. The number of aromatic nitrogens is 5. The number of nitrogens with one attached hydrogen (secondary N) is 1. The molecule has 0 atom stereocenters. The van der Waals surface area contributed by atoms with Crippen molar-refractivity contribution in [2.45, 2.75) is 32.6 Å². The molecule has 1 aromatic carbocycles. The zero-order valence-electron chi connectivity index (χ0n) is 16.9. The van der Waals surface area contributed by atoms with Gasteiger partial charge in [-0.05, 0) is 44.0 Å². The first-order chi connectivity index (χ1) is 14.1. The number of piperidine rings is 1. The van der Waals surface area contributed by atoms with Gasteiger partial charge in [-0.25, -0.2) is 4.98 Å². The maximum Gasteiger partial charge on any atom is 0.241 e. The largest absolute Gasteiger partial charge is 0.368 e. The molecule has 4 rings (SSSR count). The molecule has 3 N–H and O–H groups in total. The third-order valence-electron chi connectivity index (χ3n) is 5.05. The molecule has 0 amide bonds. The van der Waals surface area contributed by atoms with Crippen LogP contribution in [0.5, 0.6) is 0 Å². The highest BCUT2D eigenvalue weighted by molar-refractivity contribution is 5.53. The monoisotopic (exact) mass is 391 g/mol.